The summed E-state index contributed by atoms with van der Waals surface area (Å²) in [6.07, 6.45) is -0.835. The zero-order valence-corrected chi connectivity index (χ0v) is 24.7. The van der Waals surface area contributed by atoms with Crippen LogP contribution in [0.5, 0.6) is 11.5 Å². The van der Waals surface area contributed by atoms with Crippen molar-refractivity contribution >= 4 is 5.97 Å². The van der Waals surface area contributed by atoms with Gasteiger partial charge in [-0.1, -0.05) is 109 Å². The number of carbonyl (C=O) groups is 1. The highest BCUT2D eigenvalue weighted by Crippen LogP contribution is 2.34. The van der Waals surface area contributed by atoms with E-state index in [1.165, 1.54) is 13.2 Å². The highest BCUT2D eigenvalue weighted by Gasteiger charge is 2.18. The summed E-state index contributed by atoms with van der Waals surface area (Å²) in [6, 6.07) is 41.1. The molecule has 1 unspecified atom stereocenters. The number of ether oxygens (including phenoxy) is 2. The highest BCUT2D eigenvalue weighted by molar-refractivity contribution is 5.75. The van der Waals surface area contributed by atoms with Crippen molar-refractivity contribution in [2.75, 3.05) is 7.11 Å². The summed E-state index contributed by atoms with van der Waals surface area (Å²) >= 11 is 0. The number of hydrogen-bond acceptors (Lipinski definition) is 7. The number of rotatable bonds is 8. The number of carbonyl (C=O) groups excluding carboxylic acids is 1. The van der Waals surface area contributed by atoms with Crippen molar-refractivity contribution in [1.29, 1.82) is 0 Å². The van der Waals surface area contributed by atoms with Gasteiger partial charge < -0.3 is 20.1 Å². The molecule has 1 aromatic heterocycles. The van der Waals surface area contributed by atoms with E-state index < -0.39 is 12.1 Å². The average molecular weight is 598 g/mol. The Kier molecular flexibility index (Phi) is 9.26. The molecule has 0 saturated heterocycles. The van der Waals surface area contributed by atoms with Crippen LogP contribution in [-0.2, 0) is 9.53 Å². The van der Waals surface area contributed by atoms with Gasteiger partial charge in [0.2, 0.25) is 0 Å². The van der Waals surface area contributed by atoms with E-state index in [0.717, 1.165) is 33.4 Å². The maximum Gasteiger partial charge on any atom is 0.346 e. The number of phenolic OH excluding ortho intramolecular Hbond substituents is 1. The lowest BCUT2D eigenvalue weighted by Crippen LogP contribution is -2.24. The maximum atomic E-state index is 11.8. The van der Waals surface area contributed by atoms with Gasteiger partial charge in [-0.25, -0.2) is 19.7 Å². The van der Waals surface area contributed by atoms with Crippen molar-refractivity contribution in [2.45, 2.75) is 13.0 Å². The molecule has 0 aliphatic heterocycles. The van der Waals surface area contributed by atoms with E-state index in [4.69, 9.17) is 24.4 Å². The number of methoxy groups -OCH3 is 1. The first-order valence-electron chi connectivity index (χ1n) is 14.1. The van der Waals surface area contributed by atoms with Gasteiger partial charge in [0.05, 0.1) is 12.7 Å². The summed E-state index contributed by atoms with van der Waals surface area (Å²) in [5.41, 5.74) is 6.40. The van der Waals surface area contributed by atoms with Crippen LogP contribution in [0.2, 0.25) is 0 Å². The Morgan fingerprint density at radius 2 is 1.02 bits per heavy atom. The van der Waals surface area contributed by atoms with Crippen molar-refractivity contribution in [3.8, 4) is 67.9 Å². The Hall–Kier alpha value is -5.86. The summed E-state index contributed by atoms with van der Waals surface area (Å²) in [5.74, 6) is 0.936. The fourth-order valence-corrected chi connectivity index (χ4v) is 4.83. The molecule has 6 rings (SSSR count). The first-order valence-corrected chi connectivity index (χ1v) is 14.1. The summed E-state index contributed by atoms with van der Waals surface area (Å²) in [4.78, 5) is 26.2. The Labute approximate surface area is 260 Å². The third-order valence-electron chi connectivity index (χ3n) is 7.19. The number of hydrogen-bond donors (Lipinski definition) is 1. The molecule has 0 aliphatic carbocycles. The second-order valence-electron chi connectivity index (χ2n) is 10.2. The predicted octanol–water partition coefficient (Wildman–Crippen LogP) is 7.03. The second kappa shape index (κ2) is 13.6. The smallest absolute Gasteiger partial charge is 0.346 e. The van der Waals surface area contributed by atoms with Gasteiger partial charge in [0.25, 0.3) is 0 Å². The molecule has 8 nitrogen and oxygen atoms in total. The van der Waals surface area contributed by atoms with Gasteiger partial charge in [-0.2, -0.15) is 0 Å². The standard InChI is InChI=1S/C37H29N3O4.H2O/c1-24(37(42)43-2)44-31-21-22-32(33(41)23-31)36-39-34(29-17-13-27(14-18-29)25-9-5-3-6-10-25)38-35(40-36)30-19-15-28(16-20-30)26-11-7-4-8-12-26;/h3-24,41H,1-2H3;1H2. The van der Waals surface area contributed by atoms with Gasteiger partial charge in [-0.15, -0.1) is 0 Å². The third-order valence-corrected chi connectivity index (χ3v) is 7.19. The van der Waals surface area contributed by atoms with E-state index in [-0.39, 0.29) is 11.2 Å². The molecule has 0 amide bonds. The molecule has 0 saturated carbocycles. The molecule has 0 bridgehead atoms. The van der Waals surface area contributed by atoms with E-state index in [0.29, 0.717) is 28.8 Å². The van der Waals surface area contributed by atoms with Crippen molar-refractivity contribution in [2.24, 2.45) is 0 Å². The highest BCUT2D eigenvalue weighted by atomic mass is 16.6. The minimum atomic E-state index is -0.835. The summed E-state index contributed by atoms with van der Waals surface area (Å²) in [5, 5.41) is 11.0. The molecule has 5 aromatic carbocycles. The number of esters is 1. The van der Waals surface area contributed by atoms with Crippen molar-refractivity contribution in [3.05, 3.63) is 127 Å². The minimum absolute atomic E-state index is 0. The molecule has 45 heavy (non-hydrogen) atoms. The molecule has 0 aliphatic rings. The molecule has 0 spiro atoms. The molecular weight excluding hydrogens is 566 g/mol. The van der Waals surface area contributed by atoms with Gasteiger partial charge in [0.15, 0.2) is 23.6 Å². The summed E-state index contributed by atoms with van der Waals surface area (Å²) in [6.45, 7) is 1.58. The van der Waals surface area contributed by atoms with Crippen LogP contribution in [0.4, 0.5) is 0 Å². The van der Waals surface area contributed by atoms with Crippen LogP contribution in [0.25, 0.3) is 56.4 Å². The maximum absolute atomic E-state index is 11.8. The quantitative estimate of drug-likeness (QED) is 0.187. The second-order valence-corrected chi connectivity index (χ2v) is 10.2. The molecule has 1 heterocycles. The largest absolute Gasteiger partial charge is 0.507 e. The Morgan fingerprint density at radius 1 is 0.600 bits per heavy atom. The van der Waals surface area contributed by atoms with E-state index >= 15 is 0 Å². The van der Waals surface area contributed by atoms with Crippen LogP contribution in [0, 0.1) is 0 Å². The van der Waals surface area contributed by atoms with Gasteiger partial charge in [0.1, 0.15) is 11.5 Å². The van der Waals surface area contributed by atoms with Crippen LogP contribution >= 0.6 is 0 Å². The van der Waals surface area contributed by atoms with Gasteiger partial charge >= 0.3 is 5.97 Å². The Morgan fingerprint density at radius 3 is 1.47 bits per heavy atom. The van der Waals surface area contributed by atoms with E-state index in [2.05, 4.69) is 24.3 Å². The average Bonchev–Trinajstić information content (AvgIpc) is 3.08. The number of aromatic hydroxyl groups is 1. The Balaban J connectivity index is 0.00000400. The van der Waals surface area contributed by atoms with Crippen LogP contribution in [0.1, 0.15) is 6.92 Å². The Bertz CT molecular complexity index is 1790. The third kappa shape index (κ3) is 6.87. The first-order chi connectivity index (χ1) is 21.5. The van der Waals surface area contributed by atoms with E-state index in [1.807, 2.05) is 84.9 Å². The number of aromatic nitrogens is 3. The lowest BCUT2D eigenvalue weighted by molar-refractivity contribution is -0.147. The van der Waals surface area contributed by atoms with Crippen LogP contribution in [0.15, 0.2) is 127 Å². The van der Waals surface area contributed by atoms with Crippen molar-refractivity contribution in [1.82, 2.24) is 15.0 Å². The van der Waals surface area contributed by atoms with Crippen molar-refractivity contribution in [3.63, 3.8) is 0 Å². The molecule has 3 N–H and O–H groups in total. The fraction of sp³-hybridized carbons (Fsp3) is 0.0811. The zero-order chi connectivity index (χ0) is 30.5. The molecular formula is C37H31N3O5. The van der Waals surface area contributed by atoms with Gasteiger partial charge in [-0.05, 0) is 41.3 Å². The number of nitrogens with zero attached hydrogens (tertiary/aromatic N) is 3. The monoisotopic (exact) mass is 597 g/mol. The lowest BCUT2D eigenvalue weighted by Gasteiger charge is -2.14. The first kappa shape index (κ1) is 30.6. The van der Waals surface area contributed by atoms with Gasteiger partial charge in [0, 0.05) is 17.2 Å². The summed E-state index contributed by atoms with van der Waals surface area (Å²) < 4.78 is 10.4. The topological polar surface area (TPSA) is 126 Å². The van der Waals surface area contributed by atoms with Crippen molar-refractivity contribution < 1.29 is 24.9 Å². The SMILES string of the molecule is COC(=O)C(C)Oc1ccc(-c2nc(-c3ccc(-c4ccccc4)cc3)nc(-c3ccc(-c4ccccc4)cc3)n2)c(O)c1.O. The fourth-order valence-electron chi connectivity index (χ4n) is 4.83. The predicted molar refractivity (Wildman–Crippen MR) is 174 cm³/mol. The normalized spacial score (nSPS) is 11.2. The van der Waals surface area contributed by atoms with Crippen LogP contribution in [-0.4, -0.2) is 44.7 Å². The molecule has 0 fully saturated rings. The van der Waals surface area contributed by atoms with Crippen LogP contribution in [0.3, 0.4) is 0 Å². The lowest BCUT2D eigenvalue weighted by atomic mass is 10.0. The molecule has 8 heteroatoms. The zero-order valence-electron chi connectivity index (χ0n) is 24.7. The minimum Gasteiger partial charge on any atom is -0.507 e. The van der Waals surface area contributed by atoms with E-state index in [9.17, 15) is 9.90 Å². The molecule has 6 aromatic rings. The van der Waals surface area contributed by atoms with E-state index in [1.54, 1.807) is 19.1 Å². The number of phenols is 1. The summed E-state index contributed by atoms with van der Waals surface area (Å²) in [7, 11) is 1.29. The number of benzene rings is 5. The molecule has 1 atom stereocenters. The van der Waals surface area contributed by atoms with Crippen LogP contribution < -0.4 is 4.74 Å². The van der Waals surface area contributed by atoms with Gasteiger partial charge in [-0.3, -0.25) is 0 Å². The molecule has 224 valence electrons. The molecule has 0 radical (unpaired) electrons.